The summed E-state index contributed by atoms with van der Waals surface area (Å²) < 4.78 is 5.29. The molecule has 4 heterocycles. The summed E-state index contributed by atoms with van der Waals surface area (Å²) in [5.41, 5.74) is 3.37. The predicted octanol–water partition coefficient (Wildman–Crippen LogP) is 3.75. The first kappa shape index (κ1) is 20.9. The van der Waals surface area contributed by atoms with Gasteiger partial charge in [-0.05, 0) is 74.1 Å². The van der Waals surface area contributed by atoms with Gasteiger partial charge in [-0.2, -0.15) is 4.37 Å². The van der Waals surface area contributed by atoms with Crippen molar-refractivity contribution in [3.05, 3.63) is 59.3 Å². The SMILES string of the molecule is Cc1ccc(CNC(=O)Nc2ccc3c(C(=O)N[C@@H]4CN5CCC4CC5)nsc3c2)cc1. The van der Waals surface area contributed by atoms with E-state index in [4.69, 9.17) is 0 Å². The maximum absolute atomic E-state index is 12.9. The topological polar surface area (TPSA) is 86.4 Å². The van der Waals surface area contributed by atoms with Gasteiger partial charge in [0.05, 0.1) is 4.70 Å². The third-order valence-electron chi connectivity index (χ3n) is 6.49. The molecule has 0 unspecified atom stereocenters. The molecule has 3 fully saturated rings. The van der Waals surface area contributed by atoms with Crippen molar-refractivity contribution in [2.24, 2.45) is 5.92 Å². The van der Waals surface area contributed by atoms with Crippen LogP contribution in [0.1, 0.15) is 34.5 Å². The molecule has 3 amide bonds. The van der Waals surface area contributed by atoms with Crippen LogP contribution >= 0.6 is 11.5 Å². The van der Waals surface area contributed by atoms with Crippen molar-refractivity contribution in [1.29, 1.82) is 0 Å². The van der Waals surface area contributed by atoms with E-state index in [9.17, 15) is 9.59 Å². The standard InChI is InChI=1S/C24H27N5O2S/c1-15-2-4-16(5-3-15)13-25-24(31)26-18-6-7-19-21(12-18)32-28-22(19)23(30)27-20-14-29-10-8-17(20)9-11-29/h2-7,12,17,20H,8-11,13-14H2,1H3,(H,27,30)(H2,25,26,31)/t20-/m1/s1. The Bertz CT molecular complexity index is 1140. The lowest BCUT2D eigenvalue weighted by Crippen LogP contribution is -2.57. The van der Waals surface area contributed by atoms with E-state index in [1.807, 2.05) is 49.4 Å². The number of aryl methyl sites for hydroxylation is 1. The normalized spacial score (nSPS) is 22.0. The number of nitrogens with one attached hydrogen (secondary N) is 3. The molecule has 2 bridgehead atoms. The van der Waals surface area contributed by atoms with Crippen molar-refractivity contribution in [2.75, 3.05) is 25.0 Å². The van der Waals surface area contributed by atoms with Gasteiger partial charge >= 0.3 is 6.03 Å². The Hall–Kier alpha value is -2.97. The van der Waals surface area contributed by atoms with E-state index in [-0.39, 0.29) is 18.0 Å². The van der Waals surface area contributed by atoms with Gasteiger partial charge in [0.15, 0.2) is 0 Å². The van der Waals surface area contributed by atoms with Crippen LogP contribution < -0.4 is 16.0 Å². The molecule has 1 aromatic heterocycles. The van der Waals surface area contributed by atoms with Crippen LogP contribution in [0.2, 0.25) is 0 Å². The predicted molar refractivity (Wildman–Crippen MR) is 127 cm³/mol. The smallest absolute Gasteiger partial charge is 0.319 e. The van der Waals surface area contributed by atoms with E-state index in [0.29, 0.717) is 23.8 Å². The summed E-state index contributed by atoms with van der Waals surface area (Å²) in [5.74, 6) is 0.467. The summed E-state index contributed by atoms with van der Waals surface area (Å²) in [5, 5.41) is 9.76. The molecular formula is C24H27N5O2S. The zero-order valence-electron chi connectivity index (χ0n) is 18.1. The van der Waals surface area contributed by atoms with Gasteiger partial charge < -0.3 is 20.9 Å². The van der Waals surface area contributed by atoms with Gasteiger partial charge in [-0.25, -0.2) is 4.79 Å². The quantitative estimate of drug-likeness (QED) is 0.554. The second-order valence-corrected chi connectivity index (χ2v) is 9.56. The molecule has 6 rings (SSSR count). The molecule has 32 heavy (non-hydrogen) atoms. The molecule has 3 aliphatic rings. The molecule has 0 radical (unpaired) electrons. The lowest BCUT2D eigenvalue weighted by molar-refractivity contribution is 0.0619. The number of piperidine rings is 3. The number of anilines is 1. The lowest BCUT2D eigenvalue weighted by atomic mass is 9.84. The summed E-state index contributed by atoms with van der Waals surface area (Å²) >= 11 is 1.28. The van der Waals surface area contributed by atoms with Crippen LogP contribution in [0, 0.1) is 12.8 Å². The Kier molecular flexibility index (Phi) is 5.80. The first-order valence-corrected chi connectivity index (χ1v) is 11.9. The molecule has 166 valence electrons. The minimum absolute atomic E-state index is 0.105. The van der Waals surface area contributed by atoms with Crippen LogP contribution in [0.3, 0.4) is 0 Å². The molecule has 2 aromatic carbocycles. The van der Waals surface area contributed by atoms with Gasteiger partial charge in [0.2, 0.25) is 0 Å². The molecule has 3 N–H and O–H groups in total. The Morgan fingerprint density at radius 2 is 1.91 bits per heavy atom. The number of fused-ring (bicyclic) bond motifs is 4. The van der Waals surface area contributed by atoms with Gasteiger partial charge in [0.1, 0.15) is 5.69 Å². The summed E-state index contributed by atoms with van der Waals surface area (Å²) in [6.45, 7) is 5.71. The number of carbonyl (C=O) groups is 2. The second kappa shape index (κ2) is 8.88. The van der Waals surface area contributed by atoms with E-state index in [1.54, 1.807) is 0 Å². The Labute approximate surface area is 191 Å². The molecule has 1 atom stereocenters. The van der Waals surface area contributed by atoms with Crippen LogP contribution in [-0.2, 0) is 6.54 Å². The van der Waals surface area contributed by atoms with Gasteiger partial charge in [0.25, 0.3) is 5.91 Å². The Balaban J connectivity index is 1.21. The number of benzene rings is 2. The highest BCUT2D eigenvalue weighted by molar-refractivity contribution is 7.13. The van der Waals surface area contributed by atoms with Crippen molar-refractivity contribution < 1.29 is 9.59 Å². The van der Waals surface area contributed by atoms with Crippen LogP contribution in [0.5, 0.6) is 0 Å². The zero-order chi connectivity index (χ0) is 22.1. The minimum atomic E-state index is -0.269. The number of amides is 3. The fraction of sp³-hybridized carbons (Fsp3) is 0.375. The van der Waals surface area contributed by atoms with Crippen LogP contribution in [0.25, 0.3) is 10.1 Å². The number of rotatable bonds is 5. The molecule has 0 saturated carbocycles. The minimum Gasteiger partial charge on any atom is -0.346 e. The van der Waals surface area contributed by atoms with Crippen LogP contribution in [0.4, 0.5) is 10.5 Å². The van der Waals surface area contributed by atoms with Crippen molar-refractivity contribution in [3.8, 4) is 0 Å². The maximum atomic E-state index is 12.9. The summed E-state index contributed by atoms with van der Waals surface area (Å²) in [6, 6.07) is 13.5. The maximum Gasteiger partial charge on any atom is 0.319 e. The third kappa shape index (κ3) is 4.47. The van der Waals surface area contributed by atoms with Gasteiger partial charge in [-0.15, -0.1) is 0 Å². The number of carbonyl (C=O) groups excluding carboxylic acids is 2. The van der Waals surface area contributed by atoms with Crippen LogP contribution in [-0.4, -0.2) is 46.9 Å². The molecular weight excluding hydrogens is 422 g/mol. The summed E-state index contributed by atoms with van der Waals surface area (Å²) in [6.07, 6.45) is 2.31. The van der Waals surface area contributed by atoms with E-state index < -0.39 is 0 Å². The average Bonchev–Trinajstić information content (AvgIpc) is 3.23. The fourth-order valence-electron chi connectivity index (χ4n) is 4.61. The van der Waals surface area contributed by atoms with Gasteiger partial charge in [-0.1, -0.05) is 29.8 Å². The molecule has 3 saturated heterocycles. The van der Waals surface area contributed by atoms with Gasteiger partial charge in [0, 0.05) is 30.2 Å². The van der Waals surface area contributed by atoms with Crippen molar-refractivity contribution in [3.63, 3.8) is 0 Å². The number of urea groups is 1. The van der Waals surface area contributed by atoms with E-state index in [2.05, 4.69) is 25.2 Å². The highest BCUT2D eigenvalue weighted by Crippen LogP contribution is 2.29. The summed E-state index contributed by atoms with van der Waals surface area (Å²) in [7, 11) is 0. The van der Waals surface area contributed by atoms with E-state index >= 15 is 0 Å². The number of nitrogens with zero attached hydrogens (tertiary/aromatic N) is 2. The molecule has 0 spiro atoms. The number of hydrogen-bond acceptors (Lipinski definition) is 5. The van der Waals surface area contributed by atoms with Crippen molar-refractivity contribution >= 4 is 39.2 Å². The monoisotopic (exact) mass is 449 g/mol. The third-order valence-corrected chi connectivity index (χ3v) is 7.30. The fourth-order valence-corrected chi connectivity index (χ4v) is 5.42. The highest BCUT2D eigenvalue weighted by atomic mass is 32.1. The number of hydrogen-bond donors (Lipinski definition) is 3. The zero-order valence-corrected chi connectivity index (χ0v) is 18.9. The first-order chi connectivity index (χ1) is 15.5. The van der Waals surface area contributed by atoms with Crippen LogP contribution in [0.15, 0.2) is 42.5 Å². The molecule has 3 aromatic rings. The van der Waals surface area contributed by atoms with Crippen molar-refractivity contribution in [2.45, 2.75) is 32.4 Å². The lowest BCUT2D eigenvalue weighted by Gasteiger charge is -2.44. The Morgan fingerprint density at radius 3 is 2.62 bits per heavy atom. The van der Waals surface area contributed by atoms with Gasteiger partial charge in [-0.3, -0.25) is 4.79 Å². The molecule has 8 heteroatoms. The average molecular weight is 450 g/mol. The van der Waals surface area contributed by atoms with E-state index in [0.717, 1.165) is 48.1 Å². The highest BCUT2D eigenvalue weighted by Gasteiger charge is 2.35. The van der Waals surface area contributed by atoms with E-state index in [1.165, 1.54) is 17.1 Å². The molecule has 3 aliphatic heterocycles. The largest absolute Gasteiger partial charge is 0.346 e. The summed E-state index contributed by atoms with van der Waals surface area (Å²) in [4.78, 5) is 27.6. The molecule has 7 nitrogen and oxygen atoms in total. The number of aromatic nitrogens is 1. The molecule has 0 aliphatic carbocycles. The van der Waals surface area contributed by atoms with Crippen molar-refractivity contribution in [1.82, 2.24) is 19.9 Å². The second-order valence-electron chi connectivity index (χ2n) is 8.75. The Morgan fingerprint density at radius 1 is 1.12 bits per heavy atom. The first-order valence-electron chi connectivity index (χ1n) is 11.1.